The molecule has 3 aromatic heterocycles. The minimum Gasteiger partial charge on any atom is -0.505 e. The van der Waals surface area contributed by atoms with Crippen molar-refractivity contribution in [2.45, 2.75) is 54.7 Å². The lowest BCUT2D eigenvalue weighted by atomic mass is 9.87. The van der Waals surface area contributed by atoms with Gasteiger partial charge in [0.25, 0.3) is 5.91 Å². The SMILES string of the molecule is CS(=O)(=O)c1c(C2CC3CC[C@@H](C2)N3C(=O)C2N=CNN2)nc2c(-c3ccc(-c4ccc(O)c(F)c4)nc3)cnn2c1N. The maximum atomic E-state index is 13.9. The number of piperidine rings is 1. The molecule has 222 valence electrons. The monoisotopic (exact) mass is 605 g/mol. The summed E-state index contributed by atoms with van der Waals surface area (Å²) in [6.07, 6.45) is 7.74. The van der Waals surface area contributed by atoms with E-state index in [1.807, 2.05) is 4.90 Å². The van der Waals surface area contributed by atoms with E-state index in [9.17, 15) is 22.7 Å². The van der Waals surface area contributed by atoms with Crippen LogP contribution in [0.4, 0.5) is 10.2 Å². The normalized spacial score (nSPS) is 23.2. The third kappa shape index (κ3) is 4.55. The van der Waals surface area contributed by atoms with E-state index in [-0.39, 0.29) is 34.6 Å². The highest BCUT2D eigenvalue weighted by Gasteiger charge is 2.47. The molecule has 4 aromatic rings. The molecule has 3 aliphatic heterocycles. The van der Waals surface area contributed by atoms with Crippen LogP contribution in [0.3, 0.4) is 0 Å². The Hall–Kier alpha value is -4.63. The molecule has 0 radical (unpaired) electrons. The first kappa shape index (κ1) is 27.2. The molecule has 3 aliphatic rings. The van der Waals surface area contributed by atoms with E-state index in [2.05, 4.69) is 25.9 Å². The summed E-state index contributed by atoms with van der Waals surface area (Å²) in [5.74, 6) is -1.57. The van der Waals surface area contributed by atoms with Gasteiger partial charge >= 0.3 is 0 Å². The summed E-state index contributed by atoms with van der Waals surface area (Å²) in [5, 5.41) is 13.9. The van der Waals surface area contributed by atoms with E-state index < -0.39 is 27.6 Å². The number of aromatic hydroxyl groups is 1. The number of aliphatic imine (C=N–C) groups is 1. The van der Waals surface area contributed by atoms with Crippen molar-refractivity contribution in [3.8, 4) is 28.1 Å². The Morgan fingerprint density at radius 3 is 2.49 bits per heavy atom. The van der Waals surface area contributed by atoms with Crippen LogP contribution in [0, 0.1) is 5.82 Å². The first-order chi connectivity index (χ1) is 20.6. The van der Waals surface area contributed by atoms with Gasteiger partial charge < -0.3 is 21.2 Å². The predicted octanol–water partition coefficient (Wildman–Crippen LogP) is 1.99. The molecule has 2 fully saturated rings. The molecule has 15 heteroatoms. The molecular formula is C28H28FN9O4S. The molecule has 1 aromatic carbocycles. The van der Waals surface area contributed by atoms with Crippen molar-refractivity contribution in [2.75, 3.05) is 12.0 Å². The third-order valence-corrected chi connectivity index (χ3v) is 9.63. The number of sulfone groups is 1. The van der Waals surface area contributed by atoms with E-state index in [4.69, 9.17) is 10.7 Å². The lowest BCUT2D eigenvalue weighted by molar-refractivity contribution is -0.137. The number of rotatable bonds is 5. The number of nitrogens with one attached hydrogen (secondary N) is 2. The van der Waals surface area contributed by atoms with Gasteiger partial charge in [0.1, 0.15) is 10.7 Å². The van der Waals surface area contributed by atoms with Gasteiger partial charge in [-0.2, -0.15) is 9.61 Å². The Morgan fingerprint density at radius 2 is 1.86 bits per heavy atom. The Balaban J connectivity index is 1.26. The summed E-state index contributed by atoms with van der Waals surface area (Å²) in [4.78, 5) is 28.6. The molecule has 7 rings (SSSR count). The van der Waals surface area contributed by atoms with Gasteiger partial charge in [-0.15, -0.1) is 0 Å². The smallest absolute Gasteiger partial charge is 0.264 e. The van der Waals surface area contributed by atoms with Crippen molar-refractivity contribution in [3.05, 3.63) is 54.2 Å². The lowest BCUT2D eigenvalue weighted by Crippen LogP contribution is -2.53. The maximum Gasteiger partial charge on any atom is 0.264 e. The van der Waals surface area contributed by atoms with Gasteiger partial charge in [0.05, 0.1) is 23.9 Å². The van der Waals surface area contributed by atoms with Gasteiger partial charge in [-0.3, -0.25) is 9.78 Å². The molecule has 1 amide bonds. The highest BCUT2D eigenvalue weighted by Crippen LogP contribution is 2.45. The van der Waals surface area contributed by atoms with Crippen molar-refractivity contribution in [1.29, 1.82) is 0 Å². The molecule has 2 saturated heterocycles. The van der Waals surface area contributed by atoms with Gasteiger partial charge in [-0.25, -0.2) is 28.2 Å². The van der Waals surface area contributed by atoms with Crippen LogP contribution in [0.1, 0.15) is 37.3 Å². The van der Waals surface area contributed by atoms with Gasteiger partial charge in [-0.05, 0) is 49.9 Å². The Morgan fingerprint density at radius 1 is 1.12 bits per heavy atom. The number of hydrogen-bond donors (Lipinski definition) is 4. The number of aromatic nitrogens is 4. The summed E-state index contributed by atoms with van der Waals surface area (Å²) < 4.78 is 41.4. The van der Waals surface area contributed by atoms with Crippen molar-refractivity contribution < 1.29 is 22.7 Å². The highest BCUT2D eigenvalue weighted by molar-refractivity contribution is 7.91. The average molecular weight is 606 g/mol. The molecule has 0 saturated carbocycles. The highest BCUT2D eigenvalue weighted by atomic mass is 32.2. The number of pyridine rings is 1. The largest absolute Gasteiger partial charge is 0.505 e. The number of carbonyl (C=O) groups excluding carboxylic acids is 1. The molecule has 4 atom stereocenters. The number of anilines is 1. The number of benzene rings is 1. The molecule has 0 aliphatic carbocycles. The average Bonchev–Trinajstić information content (AvgIpc) is 3.72. The van der Waals surface area contributed by atoms with E-state index in [0.29, 0.717) is 46.6 Å². The zero-order chi connectivity index (χ0) is 30.0. The number of phenolic OH excluding ortho intramolecular Hbond substituents is 1. The number of nitrogens with zero attached hydrogens (tertiary/aromatic N) is 6. The van der Waals surface area contributed by atoms with Crippen molar-refractivity contribution in [3.63, 3.8) is 0 Å². The van der Waals surface area contributed by atoms with Crippen LogP contribution in [0.2, 0.25) is 0 Å². The van der Waals surface area contributed by atoms with E-state index in [0.717, 1.165) is 19.1 Å². The van der Waals surface area contributed by atoms with Gasteiger partial charge in [0, 0.05) is 47.1 Å². The zero-order valence-electron chi connectivity index (χ0n) is 23.0. The fourth-order valence-corrected chi connectivity index (χ4v) is 7.62. The van der Waals surface area contributed by atoms with Crippen LogP contribution in [0.25, 0.3) is 28.0 Å². The van der Waals surface area contributed by atoms with E-state index in [1.165, 1.54) is 23.0 Å². The summed E-state index contributed by atoms with van der Waals surface area (Å²) in [5.41, 5.74) is 15.1. The van der Waals surface area contributed by atoms with Crippen LogP contribution in [0.5, 0.6) is 5.75 Å². The van der Waals surface area contributed by atoms with Crippen molar-refractivity contribution in [1.82, 2.24) is 35.3 Å². The number of halogens is 1. The standard InChI is InChI=1S/C28H28FN9O4S/c1-43(41,42)24-23(16-8-17-4-5-18(9-16)37(17)28(40)26-32-13-33-36-26)35-27-19(12-34-38(27)25(24)30)15-2-6-21(31-11-15)14-3-7-22(39)20(29)10-14/h2-3,6-7,10-13,16-18,26,36,39H,4-5,8-9,30H2,1H3,(H,32,33)/t16?,17-,18?,26?/m0/s1. The second-order valence-electron chi connectivity index (χ2n) is 11.1. The molecule has 5 N–H and O–H groups in total. The Bertz CT molecular complexity index is 1900. The number of fused-ring (bicyclic) bond motifs is 3. The minimum absolute atomic E-state index is 0.0284. The molecule has 0 spiro atoms. The Labute approximate surface area is 245 Å². The fraction of sp³-hybridized carbons (Fsp3) is 0.321. The predicted molar refractivity (Wildman–Crippen MR) is 155 cm³/mol. The van der Waals surface area contributed by atoms with Crippen LogP contribution >= 0.6 is 0 Å². The summed E-state index contributed by atoms with van der Waals surface area (Å²) in [6.45, 7) is 0. The number of hydrazine groups is 1. The number of carbonyl (C=O) groups is 1. The maximum absolute atomic E-state index is 13.9. The number of amides is 1. The quantitative estimate of drug-likeness (QED) is 0.263. The van der Waals surface area contributed by atoms with Gasteiger partial charge in [0.2, 0.25) is 0 Å². The number of nitrogen functional groups attached to an aromatic ring is 1. The van der Waals surface area contributed by atoms with Crippen molar-refractivity contribution in [2.24, 2.45) is 4.99 Å². The van der Waals surface area contributed by atoms with Gasteiger partial charge in [0.15, 0.2) is 33.2 Å². The van der Waals surface area contributed by atoms with Crippen LogP contribution in [-0.2, 0) is 14.6 Å². The molecule has 3 unspecified atom stereocenters. The molecule has 2 bridgehead atoms. The summed E-state index contributed by atoms with van der Waals surface area (Å²) in [6, 6.07) is 7.37. The minimum atomic E-state index is -3.79. The third-order valence-electron chi connectivity index (χ3n) is 8.47. The van der Waals surface area contributed by atoms with Crippen molar-refractivity contribution >= 4 is 33.5 Å². The van der Waals surface area contributed by atoms with Gasteiger partial charge in [-0.1, -0.05) is 6.07 Å². The lowest BCUT2D eigenvalue weighted by Gasteiger charge is -2.39. The second kappa shape index (κ2) is 9.98. The molecular weight excluding hydrogens is 577 g/mol. The molecule has 13 nitrogen and oxygen atoms in total. The zero-order valence-corrected chi connectivity index (χ0v) is 23.8. The fourth-order valence-electron chi connectivity index (χ4n) is 6.56. The first-order valence-corrected chi connectivity index (χ1v) is 15.7. The van der Waals surface area contributed by atoms with Crippen LogP contribution < -0.4 is 16.6 Å². The Kier molecular flexibility index (Phi) is 6.32. The topological polar surface area (TPSA) is 180 Å². The van der Waals surface area contributed by atoms with E-state index >= 15 is 0 Å². The second-order valence-corrected chi connectivity index (χ2v) is 13.1. The number of nitrogens with two attached hydrogens (primary N) is 1. The van der Waals surface area contributed by atoms with Crippen LogP contribution in [0.15, 0.2) is 52.6 Å². The molecule has 43 heavy (non-hydrogen) atoms. The van der Waals surface area contributed by atoms with E-state index in [1.54, 1.807) is 30.6 Å². The number of hydrogen-bond acceptors (Lipinski definition) is 11. The first-order valence-electron chi connectivity index (χ1n) is 13.8. The summed E-state index contributed by atoms with van der Waals surface area (Å²) in [7, 11) is -3.79. The van der Waals surface area contributed by atoms with Crippen LogP contribution in [-0.4, -0.2) is 74.8 Å². The summed E-state index contributed by atoms with van der Waals surface area (Å²) >= 11 is 0. The molecule has 6 heterocycles. The number of phenols is 1.